The minimum absolute atomic E-state index is 0.894. The van der Waals surface area contributed by atoms with E-state index in [0.29, 0.717) is 0 Å². The first-order valence-corrected chi connectivity index (χ1v) is 15.0. The number of anilines is 1. The second kappa shape index (κ2) is 15.2. The van der Waals surface area contributed by atoms with Gasteiger partial charge >= 0.3 is 0 Å². The first kappa shape index (κ1) is 30.8. The SMILES string of the molecule is C=C/C=C/C=C\C(=C(\C=C)c1ccc(-c2ccc(/C=C\C)c(C=C)c2)s1)N(/C(C=C)=C/C=C)c1cccc2ccccc12. The van der Waals surface area contributed by atoms with Crippen molar-refractivity contribution < 1.29 is 0 Å². The second-order valence-electron chi connectivity index (χ2n) is 9.56. The van der Waals surface area contributed by atoms with Crippen molar-refractivity contribution in [3.8, 4) is 10.4 Å². The molecule has 1 nitrogen and oxygen atoms in total. The standard InChI is InChI=1S/C41H37NS/c1-7-13-14-15-24-38(42(35(11-5)20-9-3)39-25-18-22-33-21-16-17-23-37(33)39)36(12-6)41-29-28-40(43-41)34-27-26-32(19-8-2)31(10-4)30-34/h7-30H,1,3-6H2,2H3/b14-13+,19-8-,24-15-,35-20+,38-36+. The van der Waals surface area contributed by atoms with Crippen LogP contribution in [-0.4, -0.2) is 0 Å². The molecule has 1 heterocycles. The molecule has 1 aromatic heterocycles. The van der Waals surface area contributed by atoms with Gasteiger partial charge in [-0.1, -0.05) is 136 Å². The quantitative estimate of drug-likeness (QED) is 0.143. The van der Waals surface area contributed by atoms with Crippen molar-refractivity contribution in [1.82, 2.24) is 0 Å². The zero-order chi connectivity index (χ0) is 30.6. The lowest BCUT2D eigenvalue weighted by molar-refractivity contribution is 1.16. The molecule has 0 aliphatic heterocycles. The molecule has 3 aromatic carbocycles. The molecule has 0 unspecified atom stereocenters. The molecule has 2 heteroatoms. The van der Waals surface area contributed by atoms with E-state index in [2.05, 4.69) is 123 Å². The van der Waals surface area contributed by atoms with Crippen molar-refractivity contribution in [2.45, 2.75) is 6.92 Å². The maximum atomic E-state index is 4.28. The molecule has 0 amide bonds. The van der Waals surface area contributed by atoms with Gasteiger partial charge in [0.05, 0.1) is 11.4 Å². The van der Waals surface area contributed by atoms with E-state index in [4.69, 9.17) is 0 Å². The number of nitrogens with zero attached hydrogens (tertiary/aromatic N) is 1. The molecule has 0 saturated carbocycles. The minimum atomic E-state index is 0.894. The van der Waals surface area contributed by atoms with Crippen LogP contribution >= 0.6 is 11.3 Å². The Hall–Kier alpha value is -5.18. The van der Waals surface area contributed by atoms with Crippen LogP contribution in [0.25, 0.3) is 38.9 Å². The Labute approximate surface area is 260 Å². The van der Waals surface area contributed by atoms with Gasteiger partial charge in [-0.25, -0.2) is 0 Å². The largest absolute Gasteiger partial charge is 0.309 e. The fourth-order valence-electron chi connectivity index (χ4n) is 4.95. The number of benzene rings is 3. The zero-order valence-corrected chi connectivity index (χ0v) is 25.6. The van der Waals surface area contributed by atoms with E-state index in [9.17, 15) is 0 Å². The Morgan fingerprint density at radius 2 is 1.58 bits per heavy atom. The Morgan fingerprint density at radius 3 is 2.30 bits per heavy atom. The summed E-state index contributed by atoms with van der Waals surface area (Å²) in [5.41, 5.74) is 7.29. The molecule has 0 N–H and O–H groups in total. The van der Waals surface area contributed by atoms with Gasteiger partial charge in [0, 0.05) is 26.4 Å². The van der Waals surface area contributed by atoms with E-state index in [1.54, 1.807) is 23.5 Å². The summed E-state index contributed by atoms with van der Waals surface area (Å²) in [6, 6.07) is 25.6. The van der Waals surface area contributed by atoms with Crippen LogP contribution < -0.4 is 4.90 Å². The molecule has 43 heavy (non-hydrogen) atoms. The van der Waals surface area contributed by atoms with Crippen LogP contribution in [0.2, 0.25) is 0 Å². The number of allylic oxidation sites excluding steroid dienone is 11. The molecule has 0 bridgehead atoms. The second-order valence-corrected chi connectivity index (χ2v) is 10.6. The van der Waals surface area contributed by atoms with Crippen LogP contribution in [-0.2, 0) is 0 Å². The number of fused-ring (bicyclic) bond motifs is 1. The monoisotopic (exact) mass is 575 g/mol. The van der Waals surface area contributed by atoms with Gasteiger partial charge in [0.15, 0.2) is 0 Å². The maximum Gasteiger partial charge on any atom is 0.0548 e. The molecule has 4 aromatic rings. The Morgan fingerprint density at radius 1 is 0.767 bits per heavy atom. The van der Waals surface area contributed by atoms with Crippen molar-refractivity contribution in [3.63, 3.8) is 0 Å². The lowest BCUT2D eigenvalue weighted by atomic mass is 10.0. The molecule has 212 valence electrons. The summed E-state index contributed by atoms with van der Waals surface area (Å²) in [4.78, 5) is 4.50. The van der Waals surface area contributed by atoms with E-state index in [1.807, 2.05) is 55.5 Å². The third-order valence-corrected chi connectivity index (χ3v) is 8.07. The van der Waals surface area contributed by atoms with E-state index in [1.165, 1.54) is 4.88 Å². The molecule has 0 aliphatic carbocycles. The molecular weight excluding hydrogens is 539 g/mol. The highest BCUT2D eigenvalue weighted by Gasteiger charge is 2.20. The van der Waals surface area contributed by atoms with Crippen LogP contribution in [0, 0.1) is 0 Å². The highest BCUT2D eigenvalue weighted by molar-refractivity contribution is 7.16. The van der Waals surface area contributed by atoms with Gasteiger partial charge in [0.2, 0.25) is 0 Å². The third kappa shape index (κ3) is 7.01. The molecule has 0 fully saturated rings. The van der Waals surface area contributed by atoms with Crippen molar-refractivity contribution in [3.05, 3.63) is 194 Å². The Bertz CT molecular complexity index is 1810. The van der Waals surface area contributed by atoms with Gasteiger partial charge in [-0.3, -0.25) is 0 Å². The van der Waals surface area contributed by atoms with Gasteiger partial charge in [0.25, 0.3) is 0 Å². The van der Waals surface area contributed by atoms with Gasteiger partial charge in [-0.05, 0) is 71.5 Å². The van der Waals surface area contributed by atoms with Crippen LogP contribution in [0.5, 0.6) is 0 Å². The Balaban J connectivity index is 1.99. The number of hydrogen-bond acceptors (Lipinski definition) is 2. The minimum Gasteiger partial charge on any atom is -0.309 e. The predicted octanol–water partition coefficient (Wildman–Crippen LogP) is 12.2. The van der Waals surface area contributed by atoms with Crippen LogP contribution in [0.4, 0.5) is 5.69 Å². The first-order chi connectivity index (χ1) is 21.1. The molecule has 4 rings (SSSR count). The summed E-state index contributed by atoms with van der Waals surface area (Å²) in [5.74, 6) is 0. The average Bonchev–Trinajstić information content (AvgIpc) is 3.53. The topological polar surface area (TPSA) is 3.24 Å². The third-order valence-electron chi connectivity index (χ3n) is 6.91. The summed E-state index contributed by atoms with van der Waals surface area (Å²) < 4.78 is 0. The molecular formula is C41H37NS. The van der Waals surface area contributed by atoms with E-state index in [-0.39, 0.29) is 0 Å². The maximum absolute atomic E-state index is 4.28. The van der Waals surface area contributed by atoms with Crippen molar-refractivity contribution in [2.75, 3.05) is 4.90 Å². The lowest BCUT2D eigenvalue weighted by Crippen LogP contribution is -2.21. The van der Waals surface area contributed by atoms with Crippen molar-refractivity contribution >= 4 is 45.5 Å². The van der Waals surface area contributed by atoms with Crippen molar-refractivity contribution in [2.24, 2.45) is 0 Å². The van der Waals surface area contributed by atoms with Gasteiger partial charge < -0.3 is 4.90 Å². The van der Waals surface area contributed by atoms with Crippen molar-refractivity contribution in [1.29, 1.82) is 0 Å². The summed E-state index contributed by atoms with van der Waals surface area (Å²) in [6.07, 6.45) is 23.4. The fraction of sp³-hybridized carbons (Fsp3) is 0.0244. The molecule has 0 spiro atoms. The van der Waals surface area contributed by atoms with E-state index in [0.717, 1.165) is 55.0 Å². The first-order valence-electron chi connectivity index (χ1n) is 14.1. The smallest absolute Gasteiger partial charge is 0.0548 e. The molecule has 0 saturated heterocycles. The molecule has 0 atom stereocenters. The summed E-state index contributed by atoms with van der Waals surface area (Å²) >= 11 is 1.74. The van der Waals surface area contributed by atoms with Crippen LogP contribution in [0.3, 0.4) is 0 Å². The van der Waals surface area contributed by atoms with E-state index >= 15 is 0 Å². The van der Waals surface area contributed by atoms with Crippen LogP contribution in [0.1, 0.15) is 22.9 Å². The number of thiophene rings is 1. The number of hydrogen-bond donors (Lipinski definition) is 0. The van der Waals surface area contributed by atoms with Gasteiger partial charge in [0.1, 0.15) is 0 Å². The highest BCUT2D eigenvalue weighted by Crippen LogP contribution is 2.40. The predicted molar refractivity (Wildman–Crippen MR) is 195 cm³/mol. The Kier molecular flexibility index (Phi) is 10.9. The molecule has 0 aliphatic rings. The lowest BCUT2D eigenvalue weighted by Gasteiger charge is -2.30. The average molecular weight is 576 g/mol. The van der Waals surface area contributed by atoms with E-state index < -0.39 is 0 Å². The number of rotatable bonds is 13. The zero-order valence-electron chi connectivity index (χ0n) is 24.7. The van der Waals surface area contributed by atoms with Gasteiger partial charge in [-0.2, -0.15) is 0 Å². The highest BCUT2D eigenvalue weighted by atomic mass is 32.1. The summed E-state index contributed by atoms with van der Waals surface area (Å²) in [6.45, 7) is 22.3. The normalized spacial score (nSPS) is 12.5. The van der Waals surface area contributed by atoms with Crippen LogP contribution in [0.15, 0.2) is 178 Å². The fourth-order valence-corrected chi connectivity index (χ4v) is 6.00. The summed E-state index contributed by atoms with van der Waals surface area (Å²) in [5, 5.41) is 2.28. The van der Waals surface area contributed by atoms with Gasteiger partial charge in [-0.15, -0.1) is 11.3 Å². The summed E-state index contributed by atoms with van der Waals surface area (Å²) in [7, 11) is 0. The molecule has 0 radical (unpaired) electrons.